The van der Waals surface area contributed by atoms with E-state index < -0.39 is 18.4 Å². The zero-order valence-corrected chi connectivity index (χ0v) is 16.9. The van der Waals surface area contributed by atoms with Crippen LogP contribution in [-0.2, 0) is 20.8 Å². The number of benzene rings is 2. The van der Waals surface area contributed by atoms with E-state index in [4.69, 9.17) is 50.0 Å². The molecule has 27 heavy (non-hydrogen) atoms. The quantitative estimate of drug-likeness (QED) is 0.570. The number of nitrogens with zero attached hydrogens (tertiary/aromatic N) is 1. The molecule has 0 aliphatic carbocycles. The molecule has 9 heteroatoms. The van der Waals surface area contributed by atoms with E-state index in [0.717, 1.165) is 22.4 Å². The number of hydrogen-bond donors (Lipinski definition) is 2. The number of nitrogens with two attached hydrogens (primary N) is 1. The molecule has 2 aliphatic rings. The minimum absolute atomic E-state index is 0.309. The van der Waals surface area contributed by atoms with Crippen LogP contribution in [0.5, 0.6) is 0 Å². The molecule has 0 saturated carbocycles. The van der Waals surface area contributed by atoms with Gasteiger partial charge in [-0.05, 0) is 48.6 Å². The molecule has 2 aliphatic heterocycles. The fraction of sp³-hybridized carbons (Fsp3) is 0.278. The molecule has 2 atom stereocenters. The lowest BCUT2D eigenvalue weighted by Crippen LogP contribution is -2.34. The average Bonchev–Trinajstić information content (AvgIpc) is 3.11. The zero-order chi connectivity index (χ0) is 19.6. The lowest BCUT2D eigenvalue weighted by molar-refractivity contribution is -0.00737. The molecule has 2 heterocycles. The lowest BCUT2D eigenvalue weighted by atomic mass is 9.78. The molecule has 2 aromatic carbocycles. The van der Waals surface area contributed by atoms with Crippen LogP contribution in [0.1, 0.15) is 37.0 Å². The second-order valence-corrected chi connectivity index (χ2v) is 8.36. The van der Waals surface area contributed by atoms with Crippen molar-refractivity contribution in [2.75, 3.05) is 0 Å². The molecule has 5 nitrogen and oxygen atoms in total. The van der Waals surface area contributed by atoms with Crippen LogP contribution in [0, 0.1) is 0 Å². The molecule has 0 radical (unpaired) electrons. The van der Waals surface area contributed by atoms with Gasteiger partial charge in [0.2, 0.25) is 0 Å². The van der Waals surface area contributed by atoms with Crippen molar-refractivity contribution in [1.82, 2.24) is 0 Å². The molecule has 4 rings (SSSR count). The van der Waals surface area contributed by atoms with Crippen LogP contribution in [0.25, 0.3) is 0 Å². The Hall–Kier alpha value is -1.28. The molecular weight excluding hydrogens is 409 g/mol. The fourth-order valence-corrected chi connectivity index (χ4v) is 4.05. The maximum Gasteiger partial charge on any atom is 0.493 e. The van der Waals surface area contributed by atoms with Crippen LogP contribution in [0.3, 0.4) is 0 Å². The molecule has 0 spiro atoms. The molecule has 140 valence electrons. The molecule has 0 fully saturated rings. The Morgan fingerprint density at radius 1 is 1.15 bits per heavy atom. The van der Waals surface area contributed by atoms with Crippen molar-refractivity contribution in [2.45, 2.75) is 31.6 Å². The van der Waals surface area contributed by atoms with E-state index in [2.05, 4.69) is 5.16 Å². The Balaban J connectivity index is 1.66. The number of halogens is 3. The molecule has 1 unspecified atom stereocenters. The van der Waals surface area contributed by atoms with Crippen LogP contribution in [-0.4, -0.2) is 17.9 Å². The summed E-state index contributed by atoms with van der Waals surface area (Å²) in [5.74, 6) is 0. The normalized spacial score (nSPS) is 26.8. The van der Waals surface area contributed by atoms with Gasteiger partial charge in [0.25, 0.3) is 0 Å². The monoisotopic (exact) mass is 424 g/mol. The van der Waals surface area contributed by atoms with Crippen molar-refractivity contribution < 1.29 is 14.5 Å². The van der Waals surface area contributed by atoms with E-state index in [0.29, 0.717) is 27.0 Å². The molecule has 0 amide bonds. The van der Waals surface area contributed by atoms with E-state index in [9.17, 15) is 5.02 Å². The van der Waals surface area contributed by atoms with Gasteiger partial charge in [-0.1, -0.05) is 52.1 Å². The molecule has 0 bridgehead atoms. The first-order valence-electron chi connectivity index (χ1n) is 8.30. The van der Waals surface area contributed by atoms with Gasteiger partial charge in [-0.3, -0.25) is 0 Å². The van der Waals surface area contributed by atoms with Crippen molar-refractivity contribution in [2.24, 2.45) is 10.9 Å². The van der Waals surface area contributed by atoms with Crippen molar-refractivity contribution in [3.05, 3.63) is 62.1 Å². The molecule has 0 saturated heterocycles. The predicted octanol–water partition coefficient (Wildman–Crippen LogP) is 3.54. The summed E-state index contributed by atoms with van der Waals surface area (Å²) in [5.41, 5.74) is 8.11. The van der Waals surface area contributed by atoms with Gasteiger partial charge in [-0.15, -0.1) is 0 Å². The third-order valence-corrected chi connectivity index (χ3v) is 6.20. The van der Waals surface area contributed by atoms with Crippen LogP contribution in [0.15, 0.2) is 35.5 Å². The smallest absolute Gasteiger partial charge is 0.423 e. The van der Waals surface area contributed by atoms with Crippen LogP contribution >= 0.6 is 34.8 Å². The van der Waals surface area contributed by atoms with E-state index >= 15 is 0 Å². The van der Waals surface area contributed by atoms with Gasteiger partial charge >= 0.3 is 7.12 Å². The first kappa shape index (κ1) is 19.1. The second-order valence-electron chi connectivity index (χ2n) is 7.17. The van der Waals surface area contributed by atoms with Gasteiger partial charge in [-0.25, -0.2) is 0 Å². The van der Waals surface area contributed by atoms with E-state index in [1.54, 1.807) is 25.1 Å². The van der Waals surface area contributed by atoms with Gasteiger partial charge < -0.3 is 20.2 Å². The van der Waals surface area contributed by atoms with E-state index in [1.165, 1.54) is 0 Å². The minimum atomic E-state index is -1.06. The number of oxime groups is 1. The third-order valence-electron chi connectivity index (χ3n) is 5.00. The molecular formula is C18H16BCl3N2O3. The van der Waals surface area contributed by atoms with Crippen LogP contribution < -0.4 is 11.2 Å². The average molecular weight is 426 g/mol. The highest BCUT2D eigenvalue weighted by Gasteiger charge is 2.42. The summed E-state index contributed by atoms with van der Waals surface area (Å²) in [6.45, 7) is 3.62. The molecule has 0 aromatic heterocycles. The molecule has 3 N–H and O–H groups in total. The van der Waals surface area contributed by atoms with Gasteiger partial charge in [0, 0.05) is 12.0 Å². The van der Waals surface area contributed by atoms with Gasteiger partial charge in [0.1, 0.15) is 5.72 Å². The highest BCUT2D eigenvalue weighted by molar-refractivity contribution is 6.62. The van der Waals surface area contributed by atoms with Crippen molar-refractivity contribution in [3.8, 4) is 0 Å². The first-order chi connectivity index (χ1) is 12.6. The van der Waals surface area contributed by atoms with Crippen LogP contribution in [0.2, 0.25) is 15.1 Å². The summed E-state index contributed by atoms with van der Waals surface area (Å²) in [7, 11) is -1.03. The first-order valence-corrected chi connectivity index (χ1v) is 9.44. The maximum absolute atomic E-state index is 9.99. The Bertz CT molecular complexity index is 959. The van der Waals surface area contributed by atoms with E-state index in [1.807, 2.05) is 19.1 Å². The predicted molar refractivity (Wildman–Crippen MR) is 108 cm³/mol. The summed E-state index contributed by atoms with van der Waals surface area (Å²) in [6, 6.07) is 9.00. The summed E-state index contributed by atoms with van der Waals surface area (Å²) >= 11 is 18.4. The van der Waals surface area contributed by atoms with Gasteiger partial charge in [-0.2, -0.15) is 0 Å². The number of rotatable bonds is 2. The summed E-state index contributed by atoms with van der Waals surface area (Å²) in [6.07, 6.45) is 0.505. The fourth-order valence-electron chi connectivity index (χ4n) is 3.45. The van der Waals surface area contributed by atoms with Gasteiger partial charge in [0.15, 0.2) is 5.60 Å². The third kappa shape index (κ3) is 3.14. The summed E-state index contributed by atoms with van der Waals surface area (Å²) in [5, 5.41) is 15.3. The zero-order valence-electron chi connectivity index (χ0n) is 14.6. The standard InChI is InChI=1S/C18H16BCl3N2O3/c1-17(10-6-13(20)16(22)14(21)7-10)8-15(24-27-17)9-3-4-12-11(5-9)18(2,23)26-19(12)25/h3-7,25H,8,23H2,1-2H3/t17-,18?/m0/s1. The summed E-state index contributed by atoms with van der Waals surface area (Å²) < 4.78 is 5.40. The summed E-state index contributed by atoms with van der Waals surface area (Å²) in [4.78, 5) is 5.75. The Morgan fingerprint density at radius 3 is 2.48 bits per heavy atom. The van der Waals surface area contributed by atoms with Crippen LogP contribution in [0.4, 0.5) is 0 Å². The Kier molecular flexibility index (Phi) is 4.50. The van der Waals surface area contributed by atoms with E-state index in [-0.39, 0.29) is 0 Å². The SMILES string of the molecule is CC1(N)OB(O)c2ccc(C3=NO[C@](C)(c4cc(Cl)c(Cl)c(Cl)c4)C3)cc21. The van der Waals surface area contributed by atoms with Crippen molar-refractivity contribution in [1.29, 1.82) is 0 Å². The van der Waals surface area contributed by atoms with Crippen molar-refractivity contribution >= 4 is 53.1 Å². The van der Waals surface area contributed by atoms with Gasteiger partial charge in [0.05, 0.1) is 20.8 Å². The minimum Gasteiger partial charge on any atom is -0.423 e. The number of fused-ring (bicyclic) bond motifs is 1. The second kappa shape index (κ2) is 6.37. The molecule has 2 aromatic rings. The Morgan fingerprint density at radius 2 is 1.81 bits per heavy atom. The number of hydrogen-bond acceptors (Lipinski definition) is 5. The largest absolute Gasteiger partial charge is 0.493 e. The highest BCUT2D eigenvalue weighted by atomic mass is 35.5. The lowest BCUT2D eigenvalue weighted by Gasteiger charge is -2.23. The highest BCUT2D eigenvalue weighted by Crippen LogP contribution is 2.41. The Labute approximate surface area is 172 Å². The van der Waals surface area contributed by atoms with Crippen molar-refractivity contribution in [3.63, 3.8) is 0 Å². The maximum atomic E-state index is 9.99. The topological polar surface area (TPSA) is 77.1 Å².